The number of nitro groups is 1. The quantitative estimate of drug-likeness (QED) is 0.148. The number of ketones is 1. The molecule has 0 aliphatic rings. The highest BCUT2D eigenvalue weighted by Gasteiger charge is 2.39. The number of hydrogen-bond acceptors (Lipinski definition) is 8. The number of alkyl carbamates (subject to hydrolysis) is 1. The van der Waals surface area contributed by atoms with E-state index in [1.807, 2.05) is 0 Å². The normalized spacial score (nSPS) is 12.8. The predicted molar refractivity (Wildman–Crippen MR) is 111 cm³/mol. The zero-order valence-electron chi connectivity index (χ0n) is 16.0. The average molecular weight is 506 g/mol. The third-order valence-corrected chi connectivity index (χ3v) is 6.05. The topological polar surface area (TPSA) is 134 Å². The van der Waals surface area contributed by atoms with Crippen LogP contribution in [0.4, 0.5) is 10.5 Å². The fraction of sp³-hybridized carbons (Fsp3) is 0.500. The minimum atomic E-state index is -4.02. The summed E-state index contributed by atoms with van der Waals surface area (Å²) in [4.78, 5) is 35.0. The molecule has 0 radical (unpaired) electrons. The molecular weight excluding hydrogens is 486 g/mol. The standard InChI is InChI=1S/C16H20Cl3N2O8P/c1-3-28-30(26,29-4-2)14(20-15(23)27-10-16(17,18)19)9-13(22)11-6-5-7-12(8-11)21(24)25/h5-8,14H,3-4,9-10H2,1-2H3,(H,20,23). The van der Waals surface area contributed by atoms with Gasteiger partial charge < -0.3 is 19.1 Å². The zero-order valence-corrected chi connectivity index (χ0v) is 19.2. The Morgan fingerprint density at radius 3 is 2.33 bits per heavy atom. The van der Waals surface area contributed by atoms with Crippen LogP contribution in [0.15, 0.2) is 24.3 Å². The van der Waals surface area contributed by atoms with Crippen LogP contribution in [0, 0.1) is 10.1 Å². The lowest BCUT2D eigenvalue weighted by molar-refractivity contribution is -0.384. The van der Waals surface area contributed by atoms with Gasteiger partial charge in [0.25, 0.3) is 5.69 Å². The summed E-state index contributed by atoms with van der Waals surface area (Å²) in [5.74, 6) is -2.10. The lowest BCUT2D eigenvalue weighted by Gasteiger charge is -2.26. The summed E-state index contributed by atoms with van der Waals surface area (Å²) in [6.07, 6.45) is -1.68. The molecule has 1 rings (SSSR count). The minimum Gasteiger partial charge on any atom is -0.445 e. The van der Waals surface area contributed by atoms with E-state index in [9.17, 15) is 24.3 Å². The largest absolute Gasteiger partial charge is 0.445 e. The molecule has 1 aromatic rings. The molecule has 0 aliphatic carbocycles. The van der Waals surface area contributed by atoms with Crippen molar-refractivity contribution in [2.75, 3.05) is 19.8 Å². The minimum absolute atomic E-state index is 0.0230. The highest BCUT2D eigenvalue weighted by molar-refractivity contribution is 7.54. The van der Waals surface area contributed by atoms with E-state index in [0.717, 1.165) is 6.07 Å². The molecule has 1 aromatic carbocycles. The molecule has 1 unspecified atom stereocenters. The number of ether oxygens (including phenoxy) is 1. The van der Waals surface area contributed by atoms with Crippen molar-refractivity contribution in [2.24, 2.45) is 0 Å². The summed E-state index contributed by atoms with van der Waals surface area (Å²) in [7, 11) is -4.02. The highest BCUT2D eigenvalue weighted by atomic mass is 35.6. The molecule has 0 heterocycles. The van der Waals surface area contributed by atoms with Crippen molar-refractivity contribution in [3.63, 3.8) is 0 Å². The first-order valence-electron chi connectivity index (χ1n) is 8.58. The summed E-state index contributed by atoms with van der Waals surface area (Å²) in [5, 5.41) is 13.2. The van der Waals surface area contributed by atoms with Crippen LogP contribution in [0.3, 0.4) is 0 Å². The summed E-state index contributed by atoms with van der Waals surface area (Å²) in [5.41, 5.74) is -0.324. The summed E-state index contributed by atoms with van der Waals surface area (Å²) >= 11 is 16.6. The Balaban J connectivity index is 3.11. The molecule has 0 aromatic heterocycles. The van der Waals surface area contributed by atoms with Gasteiger partial charge in [-0.15, -0.1) is 0 Å². The molecule has 1 N–H and O–H groups in total. The number of amides is 1. The molecule has 1 atom stereocenters. The van der Waals surface area contributed by atoms with Gasteiger partial charge in [-0.1, -0.05) is 46.9 Å². The number of halogens is 3. The summed E-state index contributed by atoms with van der Waals surface area (Å²) in [6, 6.07) is 4.95. The van der Waals surface area contributed by atoms with Crippen molar-refractivity contribution in [2.45, 2.75) is 29.8 Å². The van der Waals surface area contributed by atoms with Gasteiger partial charge in [0.2, 0.25) is 3.79 Å². The number of carbonyl (C=O) groups is 2. The van der Waals surface area contributed by atoms with Gasteiger partial charge >= 0.3 is 13.7 Å². The molecular formula is C16H20Cl3N2O8P. The van der Waals surface area contributed by atoms with Crippen LogP contribution in [0.5, 0.6) is 0 Å². The molecule has 168 valence electrons. The SMILES string of the molecule is CCOP(=O)(OCC)C(CC(=O)c1cccc([N+](=O)[O-])c1)NC(=O)OCC(Cl)(Cl)Cl. The Hall–Kier alpha value is -1.42. The number of rotatable bonds is 11. The Bertz CT molecular complexity index is 808. The molecule has 0 saturated heterocycles. The van der Waals surface area contributed by atoms with Gasteiger partial charge in [0.05, 0.1) is 18.1 Å². The molecule has 1 amide bonds. The molecule has 14 heteroatoms. The van der Waals surface area contributed by atoms with E-state index in [4.69, 9.17) is 48.6 Å². The third kappa shape index (κ3) is 8.75. The number of alkyl halides is 3. The molecule has 0 spiro atoms. The Labute approximate surface area is 187 Å². The third-order valence-electron chi connectivity index (χ3n) is 3.41. The number of non-ortho nitro benzene ring substituents is 1. The second-order valence-corrected chi connectivity index (χ2v) is 10.4. The van der Waals surface area contributed by atoms with Crippen molar-refractivity contribution >= 4 is 60.0 Å². The van der Waals surface area contributed by atoms with Crippen LogP contribution in [-0.2, 0) is 18.3 Å². The number of hydrogen-bond donors (Lipinski definition) is 1. The lowest BCUT2D eigenvalue weighted by Crippen LogP contribution is -2.39. The van der Waals surface area contributed by atoms with Crippen molar-refractivity contribution in [1.29, 1.82) is 0 Å². The van der Waals surface area contributed by atoms with E-state index < -0.39 is 47.0 Å². The van der Waals surface area contributed by atoms with E-state index >= 15 is 0 Å². The molecule has 0 bridgehead atoms. The van der Waals surface area contributed by atoms with Gasteiger partial charge in [-0.3, -0.25) is 19.5 Å². The average Bonchev–Trinajstić information content (AvgIpc) is 2.65. The van der Waals surface area contributed by atoms with Crippen LogP contribution in [0.25, 0.3) is 0 Å². The molecule has 30 heavy (non-hydrogen) atoms. The molecule has 0 fully saturated rings. The van der Waals surface area contributed by atoms with Gasteiger partial charge in [0.1, 0.15) is 12.4 Å². The number of nitrogens with one attached hydrogen (secondary N) is 1. The van der Waals surface area contributed by atoms with Crippen LogP contribution in [0.2, 0.25) is 0 Å². The Kier molecular flexibility index (Phi) is 10.5. The van der Waals surface area contributed by atoms with Crippen molar-refractivity contribution in [3.05, 3.63) is 39.9 Å². The monoisotopic (exact) mass is 504 g/mol. The number of nitrogens with zero attached hydrogens (tertiary/aromatic N) is 1. The van der Waals surface area contributed by atoms with E-state index in [1.54, 1.807) is 13.8 Å². The molecule has 0 saturated carbocycles. The van der Waals surface area contributed by atoms with E-state index in [0.29, 0.717) is 0 Å². The number of nitro benzene ring substituents is 1. The maximum absolute atomic E-state index is 13.1. The second kappa shape index (κ2) is 11.8. The Morgan fingerprint density at radius 1 is 1.23 bits per heavy atom. The van der Waals surface area contributed by atoms with Crippen LogP contribution in [-0.4, -0.2) is 46.2 Å². The van der Waals surface area contributed by atoms with Gasteiger partial charge in [-0.25, -0.2) is 4.79 Å². The molecule has 10 nitrogen and oxygen atoms in total. The fourth-order valence-corrected chi connectivity index (χ4v) is 4.20. The van der Waals surface area contributed by atoms with Gasteiger partial charge in [-0.2, -0.15) is 0 Å². The number of benzene rings is 1. The first-order valence-corrected chi connectivity index (χ1v) is 11.3. The number of carbonyl (C=O) groups excluding carboxylic acids is 2. The van der Waals surface area contributed by atoms with Crippen LogP contribution >= 0.6 is 42.4 Å². The first kappa shape index (κ1) is 26.6. The van der Waals surface area contributed by atoms with Crippen LogP contribution in [0.1, 0.15) is 30.6 Å². The summed E-state index contributed by atoms with van der Waals surface area (Å²) < 4.78 is 26.4. The van der Waals surface area contributed by atoms with E-state index in [-0.39, 0.29) is 24.5 Å². The molecule has 0 aliphatic heterocycles. The van der Waals surface area contributed by atoms with Gasteiger partial charge in [-0.05, 0) is 13.8 Å². The van der Waals surface area contributed by atoms with Gasteiger partial charge in [0, 0.05) is 24.1 Å². The first-order chi connectivity index (χ1) is 13.9. The van der Waals surface area contributed by atoms with Crippen molar-refractivity contribution in [3.8, 4) is 0 Å². The fourth-order valence-electron chi connectivity index (χ4n) is 2.23. The van der Waals surface area contributed by atoms with Crippen molar-refractivity contribution < 1.29 is 32.9 Å². The Morgan fingerprint density at radius 2 is 1.83 bits per heavy atom. The van der Waals surface area contributed by atoms with Crippen LogP contribution < -0.4 is 5.32 Å². The summed E-state index contributed by atoms with van der Waals surface area (Å²) in [6.45, 7) is 2.41. The van der Waals surface area contributed by atoms with E-state index in [2.05, 4.69) is 5.32 Å². The predicted octanol–water partition coefficient (Wildman–Crippen LogP) is 4.86. The van der Waals surface area contributed by atoms with Crippen molar-refractivity contribution in [1.82, 2.24) is 5.32 Å². The van der Waals surface area contributed by atoms with Gasteiger partial charge in [0.15, 0.2) is 5.78 Å². The smallest absolute Gasteiger partial charge is 0.408 e. The lowest BCUT2D eigenvalue weighted by atomic mass is 10.1. The second-order valence-electron chi connectivity index (χ2n) is 5.66. The maximum Gasteiger partial charge on any atom is 0.408 e. The number of Topliss-reactive ketones (excluding diaryl/α,β-unsaturated/α-hetero) is 1. The maximum atomic E-state index is 13.1. The zero-order chi connectivity index (χ0) is 22.9. The highest BCUT2D eigenvalue weighted by Crippen LogP contribution is 2.53. The van der Waals surface area contributed by atoms with E-state index in [1.165, 1.54) is 18.2 Å².